The maximum Gasteiger partial charge on any atom is 0.248 e. The molecule has 0 aliphatic heterocycles. The lowest BCUT2D eigenvalue weighted by atomic mass is 10.2. The van der Waals surface area contributed by atoms with Gasteiger partial charge >= 0.3 is 0 Å². The molecule has 5 heteroatoms. The number of hydrogen-bond donors (Lipinski definition) is 1. The molecule has 0 saturated carbocycles. The van der Waals surface area contributed by atoms with Crippen molar-refractivity contribution in [3.05, 3.63) is 81.8 Å². The van der Waals surface area contributed by atoms with Gasteiger partial charge in [0.15, 0.2) is 0 Å². The highest BCUT2D eigenvalue weighted by Crippen LogP contribution is 2.21. The predicted octanol–water partition coefficient (Wildman–Crippen LogP) is 4.99. The number of para-hydroxylation sites is 1. The third-order valence-electron chi connectivity index (χ3n) is 3.69. The standard InChI is InChI=1S/C21H20N2O2S/c1-15-7-10-18(11-8-15)23-21(24)12-9-17-5-3-4-6-20(17)25-13-19-14-26-16(2)22-19/h3-12,14H,13H2,1-2H3,(H,23,24)/b12-9+. The predicted molar refractivity (Wildman–Crippen MR) is 106 cm³/mol. The van der Waals surface area contributed by atoms with Crippen LogP contribution < -0.4 is 10.1 Å². The van der Waals surface area contributed by atoms with E-state index in [0.29, 0.717) is 6.61 Å². The number of thiazole rings is 1. The van der Waals surface area contributed by atoms with Gasteiger partial charge in [0, 0.05) is 22.7 Å². The van der Waals surface area contributed by atoms with Gasteiger partial charge < -0.3 is 10.1 Å². The van der Waals surface area contributed by atoms with Gasteiger partial charge in [0.2, 0.25) is 5.91 Å². The van der Waals surface area contributed by atoms with Gasteiger partial charge in [-0.25, -0.2) is 4.98 Å². The Labute approximate surface area is 157 Å². The van der Waals surface area contributed by atoms with Crippen molar-refractivity contribution in [3.63, 3.8) is 0 Å². The summed E-state index contributed by atoms with van der Waals surface area (Å²) in [5.41, 5.74) is 3.68. The van der Waals surface area contributed by atoms with Crippen molar-refractivity contribution in [2.24, 2.45) is 0 Å². The number of amides is 1. The van der Waals surface area contributed by atoms with E-state index in [1.54, 1.807) is 17.4 Å². The molecule has 0 saturated heterocycles. The summed E-state index contributed by atoms with van der Waals surface area (Å²) >= 11 is 1.60. The van der Waals surface area contributed by atoms with Crippen LogP contribution >= 0.6 is 11.3 Å². The second-order valence-corrected chi connectivity index (χ2v) is 6.94. The van der Waals surface area contributed by atoms with Crippen molar-refractivity contribution in [3.8, 4) is 5.75 Å². The molecule has 0 fully saturated rings. The maximum atomic E-state index is 12.1. The molecular formula is C21H20N2O2S. The van der Waals surface area contributed by atoms with Gasteiger partial charge in [-0.15, -0.1) is 11.3 Å². The Balaban J connectivity index is 1.64. The summed E-state index contributed by atoms with van der Waals surface area (Å²) < 4.78 is 5.86. The van der Waals surface area contributed by atoms with Gasteiger partial charge in [-0.2, -0.15) is 0 Å². The molecule has 0 bridgehead atoms. The monoisotopic (exact) mass is 364 g/mol. The Bertz CT molecular complexity index is 914. The molecule has 1 amide bonds. The Morgan fingerprint density at radius 3 is 2.65 bits per heavy atom. The number of anilines is 1. The zero-order valence-corrected chi connectivity index (χ0v) is 15.5. The van der Waals surface area contributed by atoms with Crippen molar-refractivity contribution < 1.29 is 9.53 Å². The third kappa shape index (κ3) is 5.04. The van der Waals surface area contributed by atoms with Gasteiger partial charge in [0.1, 0.15) is 12.4 Å². The van der Waals surface area contributed by atoms with Crippen molar-refractivity contribution in [2.75, 3.05) is 5.32 Å². The second-order valence-electron chi connectivity index (χ2n) is 5.87. The van der Waals surface area contributed by atoms with Crippen molar-refractivity contribution >= 4 is 29.0 Å². The number of rotatable bonds is 6. The summed E-state index contributed by atoms with van der Waals surface area (Å²) in [6.45, 7) is 4.39. The molecule has 26 heavy (non-hydrogen) atoms. The van der Waals surface area contributed by atoms with E-state index >= 15 is 0 Å². The highest BCUT2D eigenvalue weighted by atomic mass is 32.1. The van der Waals surface area contributed by atoms with E-state index in [-0.39, 0.29) is 5.91 Å². The molecule has 0 aliphatic carbocycles. The Morgan fingerprint density at radius 2 is 1.92 bits per heavy atom. The van der Waals surface area contributed by atoms with Crippen LogP contribution in [0, 0.1) is 13.8 Å². The molecule has 1 N–H and O–H groups in total. The van der Waals surface area contributed by atoms with Crippen LogP contribution in [0.4, 0.5) is 5.69 Å². The lowest BCUT2D eigenvalue weighted by Gasteiger charge is -2.08. The number of aryl methyl sites for hydroxylation is 2. The summed E-state index contributed by atoms with van der Waals surface area (Å²) in [5, 5.41) is 5.85. The van der Waals surface area contributed by atoms with Gasteiger partial charge in [0.05, 0.1) is 10.7 Å². The van der Waals surface area contributed by atoms with Crippen LogP contribution in [0.3, 0.4) is 0 Å². The first kappa shape index (κ1) is 17.9. The minimum atomic E-state index is -0.182. The van der Waals surface area contributed by atoms with E-state index in [1.165, 1.54) is 6.08 Å². The number of carbonyl (C=O) groups excluding carboxylic acids is 1. The van der Waals surface area contributed by atoms with Gasteiger partial charge in [-0.3, -0.25) is 4.79 Å². The SMILES string of the molecule is Cc1ccc(NC(=O)/C=C/c2ccccc2OCc2csc(C)n2)cc1. The highest BCUT2D eigenvalue weighted by Gasteiger charge is 2.04. The Morgan fingerprint density at radius 1 is 1.15 bits per heavy atom. The van der Waals surface area contributed by atoms with Gasteiger partial charge in [0.25, 0.3) is 0 Å². The summed E-state index contributed by atoms with van der Waals surface area (Å²) in [7, 11) is 0. The van der Waals surface area contributed by atoms with Crippen molar-refractivity contribution in [2.45, 2.75) is 20.5 Å². The molecule has 4 nitrogen and oxygen atoms in total. The van der Waals surface area contributed by atoms with Gasteiger partial charge in [-0.1, -0.05) is 35.9 Å². The first-order chi connectivity index (χ1) is 12.6. The molecule has 3 aromatic rings. The van der Waals surface area contributed by atoms with Crippen LogP contribution in [0.1, 0.15) is 21.8 Å². The fraction of sp³-hybridized carbons (Fsp3) is 0.143. The average Bonchev–Trinajstić information content (AvgIpc) is 3.06. The molecule has 0 unspecified atom stereocenters. The van der Waals surface area contributed by atoms with E-state index in [9.17, 15) is 4.79 Å². The molecule has 1 heterocycles. The first-order valence-electron chi connectivity index (χ1n) is 8.29. The molecule has 0 atom stereocenters. The normalized spacial score (nSPS) is 10.8. The fourth-order valence-corrected chi connectivity index (χ4v) is 2.96. The lowest BCUT2D eigenvalue weighted by molar-refractivity contribution is -0.111. The minimum absolute atomic E-state index is 0.182. The largest absolute Gasteiger partial charge is 0.487 e. The summed E-state index contributed by atoms with van der Waals surface area (Å²) in [4.78, 5) is 16.5. The van der Waals surface area contributed by atoms with Crippen LogP contribution in [0.15, 0.2) is 60.0 Å². The lowest BCUT2D eigenvalue weighted by Crippen LogP contribution is -2.07. The quantitative estimate of drug-likeness (QED) is 0.627. The number of aromatic nitrogens is 1. The summed E-state index contributed by atoms with van der Waals surface area (Å²) in [6.07, 6.45) is 3.26. The number of nitrogens with zero attached hydrogens (tertiary/aromatic N) is 1. The van der Waals surface area contributed by atoms with E-state index < -0.39 is 0 Å². The molecule has 132 valence electrons. The molecule has 0 radical (unpaired) electrons. The molecule has 3 rings (SSSR count). The molecule has 0 aliphatic rings. The van der Waals surface area contributed by atoms with E-state index in [0.717, 1.165) is 33.3 Å². The first-order valence-corrected chi connectivity index (χ1v) is 9.17. The highest BCUT2D eigenvalue weighted by molar-refractivity contribution is 7.09. The van der Waals surface area contributed by atoms with Crippen LogP contribution in [-0.2, 0) is 11.4 Å². The average molecular weight is 364 g/mol. The summed E-state index contributed by atoms with van der Waals surface area (Å²) in [5.74, 6) is 0.538. The van der Waals surface area contributed by atoms with E-state index in [4.69, 9.17) is 4.74 Å². The topological polar surface area (TPSA) is 51.2 Å². The van der Waals surface area contributed by atoms with Crippen molar-refractivity contribution in [1.29, 1.82) is 0 Å². The van der Waals surface area contributed by atoms with Crippen LogP contribution in [0.2, 0.25) is 0 Å². The minimum Gasteiger partial charge on any atom is -0.487 e. The van der Waals surface area contributed by atoms with Crippen LogP contribution in [-0.4, -0.2) is 10.9 Å². The Hall–Kier alpha value is -2.92. The van der Waals surface area contributed by atoms with E-state index in [1.807, 2.05) is 67.8 Å². The number of ether oxygens (including phenoxy) is 1. The van der Waals surface area contributed by atoms with Gasteiger partial charge in [-0.05, 0) is 38.1 Å². The van der Waals surface area contributed by atoms with Crippen molar-refractivity contribution in [1.82, 2.24) is 4.98 Å². The number of hydrogen-bond acceptors (Lipinski definition) is 4. The number of nitrogens with one attached hydrogen (secondary N) is 1. The van der Waals surface area contributed by atoms with E-state index in [2.05, 4.69) is 10.3 Å². The molecular weight excluding hydrogens is 344 g/mol. The zero-order chi connectivity index (χ0) is 18.4. The maximum absolute atomic E-state index is 12.1. The third-order valence-corrected chi connectivity index (χ3v) is 4.52. The number of benzene rings is 2. The molecule has 0 spiro atoms. The molecule has 2 aromatic carbocycles. The Kier molecular flexibility index (Phi) is 5.81. The van der Waals surface area contributed by atoms with Crippen LogP contribution in [0.5, 0.6) is 5.75 Å². The summed E-state index contributed by atoms with van der Waals surface area (Å²) in [6, 6.07) is 15.3. The zero-order valence-electron chi connectivity index (χ0n) is 14.7. The second kappa shape index (κ2) is 8.45. The number of carbonyl (C=O) groups is 1. The molecule has 1 aromatic heterocycles. The fourth-order valence-electron chi connectivity index (χ4n) is 2.36. The smallest absolute Gasteiger partial charge is 0.248 e. The van der Waals surface area contributed by atoms with Crippen LogP contribution in [0.25, 0.3) is 6.08 Å².